The molecule has 0 atom stereocenters. The van der Waals surface area contributed by atoms with Gasteiger partial charge in [0.05, 0.1) is 18.0 Å². The molecule has 3 heteroatoms. The molecule has 1 rings (SSSR count). The summed E-state index contributed by atoms with van der Waals surface area (Å²) in [4.78, 5) is 0. The van der Waals surface area contributed by atoms with Gasteiger partial charge in [-0.2, -0.15) is 0 Å². The zero-order valence-corrected chi connectivity index (χ0v) is 5.90. The first-order valence-electron chi connectivity index (χ1n) is 2.86. The lowest BCUT2D eigenvalue weighted by molar-refractivity contribution is 0.198. The summed E-state index contributed by atoms with van der Waals surface area (Å²) < 4.78 is -0.375. The normalized spacial score (nSPS) is 22.9. The van der Waals surface area contributed by atoms with Gasteiger partial charge in [0.25, 0.3) is 0 Å². The molecule has 0 aromatic carbocycles. The van der Waals surface area contributed by atoms with Crippen molar-refractivity contribution in [2.24, 2.45) is 0 Å². The van der Waals surface area contributed by atoms with Crippen molar-refractivity contribution < 1.29 is 10.2 Å². The Morgan fingerprint density at radius 2 is 2.11 bits per heavy atom. The molecule has 0 aliphatic carbocycles. The molecule has 0 saturated carbocycles. The van der Waals surface area contributed by atoms with Crippen molar-refractivity contribution in [1.29, 1.82) is 0 Å². The number of thioether (sulfide) groups is 1. The zero-order valence-electron chi connectivity index (χ0n) is 5.08. The van der Waals surface area contributed by atoms with E-state index in [0.29, 0.717) is 0 Å². The first-order valence-corrected chi connectivity index (χ1v) is 3.85. The topological polar surface area (TPSA) is 40.5 Å². The molecule has 52 valence electrons. The summed E-state index contributed by atoms with van der Waals surface area (Å²) in [6, 6.07) is 0. The molecule has 0 bridgehead atoms. The van der Waals surface area contributed by atoms with Crippen LogP contribution in [-0.4, -0.2) is 33.9 Å². The maximum Gasteiger partial charge on any atom is 0.0803 e. The minimum Gasteiger partial charge on any atom is -0.395 e. The Morgan fingerprint density at radius 1 is 1.44 bits per heavy atom. The highest BCUT2D eigenvalue weighted by Crippen LogP contribution is 2.31. The summed E-state index contributed by atoms with van der Waals surface area (Å²) in [6.45, 7) is 0.0648. The van der Waals surface area contributed by atoms with Crippen molar-refractivity contribution in [1.82, 2.24) is 0 Å². The van der Waals surface area contributed by atoms with Crippen molar-refractivity contribution in [3.63, 3.8) is 0 Å². The number of aliphatic hydroxyl groups is 2. The summed E-state index contributed by atoms with van der Waals surface area (Å²) in [6.07, 6.45) is 3.84. The van der Waals surface area contributed by atoms with Crippen LogP contribution in [0.3, 0.4) is 0 Å². The van der Waals surface area contributed by atoms with Gasteiger partial charge < -0.3 is 10.2 Å². The lowest BCUT2D eigenvalue weighted by atomic mass is 10.1. The molecule has 0 amide bonds. The molecule has 0 aromatic heterocycles. The average molecular weight is 146 g/mol. The summed E-state index contributed by atoms with van der Waals surface area (Å²) in [5.74, 6) is 0.904. The Morgan fingerprint density at radius 3 is 2.33 bits per heavy atom. The van der Waals surface area contributed by atoms with Crippen LogP contribution < -0.4 is 0 Å². The highest BCUT2D eigenvalue weighted by atomic mass is 32.2. The molecular formula is C6H10O2S. The average Bonchev–Trinajstić information content (AvgIpc) is 2.36. The van der Waals surface area contributed by atoms with Crippen molar-refractivity contribution in [3.8, 4) is 0 Å². The van der Waals surface area contributed by atoms with Crippen LogP contribution in [0.25, 0.3) is 0 Å². The van der Waals surface area contributed by atoms with Crippen molar-refractivity contribution in [3.05, 3.63) is 12.2 Å². The minimum absolute atomic E-state index is 0.0324. The van der Waals surface area contributed by atoms with Crippen LogP contribution in [-0.2, 0) is 0 Å². The third-order valence-electron chi connectivity index (χ3n) is 1.42. The fraction of sp³-hybridized carbons (Fsp3) is 0.667. The summed E-state index contributed by atoms with van der Waals surface area (Å²) >= 11 is 1.58. The van der Waals surface area contributed by atoms with Crippen molar-refractivity contribution in [2.75, 3.05) is 19.0 Å². The number of rotatable bonds is 2. The van der Waals surface area contributed by atoms with Gasteiger partial charge in [-0.05, 0) is 0 Å². The Hall–Kier alpha value is 0.01000. The summed E-state index contributed by atoms with van der Waals surface area (Å²) in [5, 5.41) is 17.6. The molecular weight excluding hydrogens is 136 g/mol. The Balaban J connectivity index is 2.57. The van der Waals surface area contributed by atoms with E-state index in [2.05, 4.69) is 0 Å². The van der Waals surface area contributed by atoms with Gasteiger partial charge in [-0.25, -0.2) is 0 Å². The van der Waals surface area contributed by atoms with Gasteiger partial charge in [-0.15, -0.1) is 11.8 Å². The second-order valence-electron chi connectivity index (χ2n) is 2.09. The van der Waals surface area contributed by atoms with Gasteiger partial charge in [0, 0.05) is 5.75 Å². The van der Waals surface area contributed by atoms with Crippen LogP contribution in [0.15, 0.2) is 12.2 Å². The maximum absolute atomic E-state index is 8.78. The van der Waals surface area contributed by atoms with Crippen LogP contribution >= 0.6 is 11.8 Å². The molecule has 0 fully saturated rings. The second kappa shape index (κ2) is 2.73. The van der Waals surface area contributed by atoms with Gasteiger partial charge in [0.1, 0.15) is 0 Å². The van der Waals surface area contributed by atoms with Crippen LogP contribution in [0.1, 0.15) is 0 Å². The fourth-order valence-corrected chi connectivity index (χ4v) is 1.67. The number of hydrogen-bond acceptors (Lipinski definition) is 3. The Kier molecular flexibility index (Phi) is 2.16. The monoisotopic (exact) mass is 146 g/mol. The lowest BCUT2D eigenvalue weighted by Gasteiger charge is -2.19. The van der Waals surface area contributed by atoms with Crippen molar-refractivity contribution in [2.45, 2.75) is 4.75 Å². The van der Waals surface area contributed by atoms with Gasteiger partial charge in [-0.3, -0.25) is 0 Å². The third-order valence-corrected chi connectivity index (χ3v) is 2.75. The van der Waals surface area contributed by atoms with E-state index < -0.39 is 0 Å². The third kappa shape index (κ3) is 1.28. The van der Waals surface area contributed by atoms with Crippen LogP contribution in [0.2, 0.25) is 0 Å². The summed E-state index contributed by atoms with van der Waals surface area (Å²) in [7, 11) is 0. The number of aliphatic hydroxyl groups excluding tert-OH is 2. The van der Waals surface area contributed by atoms with Crippen molar-refractivity contribution >= 4 is 11.8 Å². The molecule has 0 saturated heterocycles. The predicted molar refractivity (Wildman–Crippen MR) is 38.5 cm³/mol. The standard InChI is InChI=1S/C6H10O2S/c7-4-6(5-8)2-1-3-9-6/h1-2,7-8H,3-5H2. The smallest absolute Gasteiger partial charge is 0.0803 e. The minimum atomic E-state index is -0.375. The first-order chi connectivity index (χ1) is 4.33. The predicted octanol–water partition coefficient (Wildman–Crippen LogP) is 0.0128. The van der Waals surface area contributed by atoms with Crippen LogP contribution in [0, 0.1) is 0 Å². The van der Waals surface area contributed by atoms with E-state index in [1.165, 1.54) is 0 Å². The van der Waals surface area contributed by atoms with E-state index in [0.717, 1.165) is 5.75 Å². The second-order valence-corrected chi connectivity index (χ2v) is 3.53. The largest absolute Gasteiger partial charge is 0.395 e. The molecule has 0 spiro atoms. The molecule has 1 aliphatic rings. The molecule has 0 radical (unpaired) electrons. The maximum atomic E-state index is 8.78. The zero-order chi connectivity index (χ0) is 6.74. The lowest BCUT2D eigenvalue weighted by Crippen LogP contribution is -2.29. The Labute approximate surface area is 58.6 Å². The van der Waals surface area contributed by atoms with Gasteiger partial charge in [0.2, 0.25) is 0 Å². The van der Waals surface area contributed by atoms with E-state index in [-0.39, 0.29) is 18.0 Å². The molecule has 1 aliphatic heterocycles. The van der Waals surface area contributed by atoms with E-state index in [9.17, 15) is 0 Å². The van der Waals surface area contributed by atoms with Gasteiger partial charge >= 0.3 is 0 Å². The van der Waals surface area contributed by atoms with Crippen LogP contribution in [0.5, 0.6) is 0 Å². The van der Waals surface area contributed by atoms with Gasteiger partial charge in [-0.1, -0.05) is 12.2 Å². The molecule has 2 nitrogen and oxygen atoms in total. The molecule has 9 heavy (non-hydrogen) atoms. The molecule has 2 N–H and O–H groups in total. The Bertz CT molecular complexity index is 118. The SMILES string of the molecule is OCC1(CO)C=CCS1. The van der Waals surface area contributed by atoms with E-state index in [1.54, 1.807) is 11.8 Å². The highest BCUT2D eigenvalue weighted by Gasteiger charge is 2.28. The van der Waals surface area contributed by atoms with Crippen LogP contribution in [0.4, 0.5) is 0 Å². The fourth-order valence-electron chi connectivity index (χ4n) is 0.772. The molecule has 0 aromatic rings. The van der Waals surface area contributed by atoms with Gasteiger partial charge in [0.15, 0.2) is 0 Å². The van der Waals surface area contributed by atoms with E-state index >= 15 is 0 Å². The summed E-state index contributed by atoms with van der Waals surface area (Å²) in [5.41, 5.74) is 0. The quantitative estimate of drug-likeness (QED) is 0.539. The number of hydrogen-bond donors (Lipinski definition) is 2. The highest BCUT2D eigenvalue weighted by molar-refractivity contribution is 8.01. The van der Waals surface area contributed by atoms with E-state index in [4.69, 9.17) is 10.2 Å². The molecule has 1 heterocycles. The van der Waals surface area contributed by atoms with E-state index in [1.807, 2.05) is 12.2 Å². The molecule has 0 unspecified atom stereocenters. The first kappa shape index (κ1) is 7.12.